The maximum absolute atomic E-state index is 4.37. The van der Waals surface area contributed by atoms with Crippen molar-refractivity contribution in [2.45, 2.75) is 13.3 Å². The Morgan fingerprint density at radius 1 is 1.20 bits per heavy atom. The molecule has 0 spiro atoms. The van der Waals surface area contributed by atoms with Crippen LogP contribution < -0.4 is 4.90 Å². The van der Waals surface area contributed by atoms with Gasteiger partial charge in [0.2, 0.25) is 5.95 Å². The summed E-state index contributed by atoms with van der Waals surface area (Å²) in [5.41, 5.74) is 0. The number of aromatic nitrogens is 7. The number of anilines is 1. The number of piperazine rings is 1. The Labute approximate surface area is 117 Å². The first-order chi connectivity index (χ1) is 9.72. The molecular formula is C11H19N9. The molecule has 9 nitrogen and oxygen atoms in total. The van der Waals surface area contributed by atoms with Crippen LogP contribution in [0.1, 0.15) is 11.6 Å². The summed E-state index contributed by atoms with van der Waals surface area (Å²) in [6, 6.07) is 0. The van der Waals surface area contributed by atoms with E-state index in [-0.39, 0.29) is 0 Å². The van der Waals surface area contributed by atoms with Crippen LogP contribution in [0.2, 0.25) is 0 Å². The first-order valence-electron chi connectivity index (χ1n) is 6.80. The van der Waals surface area contributed by atoms with Crippen LogP contribution in [0.25, 0.3) is 0 Å². The highest BCUT2D eigenvalue weighted by Crippen LogP contribution is 2.10. The minimum absolute atomic E-state index is 0.805. The number of tetrazole rings is 1. The molecule has 0 saturated carbocycles. The van der Waals surface area contributed by atoms with Crippen molar-refractivity contribution in [1.82, 2.24) is 40.3 Å². The minimum atomic E-state index is 0.805. The quantitative estimate of drug-likeness (QED) is 0.766. The predicted molar refractivity (Wildman–Crippen MR) is 72.3 cm³/mol. The molecule has 2 aromatic rings. The molecule has 2 aromatic heterocycles. The van der Waals surface area contributed by atoms with E-state index in [1.165, 1.54) is 0 Å². The number of aromatic amines is 1. The number of hydrogen-bond acceptors (Lipinski definition) is 7. The van der Waals surface area contributed by atoms with E-state index in [1.807, 2.05) is 14.0 Å². The third-order valence-electron chi connectivity index (χ3n) is 3.60. The average molecular weight is 277 g/mol. The molecule has 3 rings (SSSR count). The van der Waals surface area contributed by atoms with Crippen molar-refractivity contribution in [1.29, 1.82) is 0 Å². The minimum Gasteiger partial charge on any atom is -0.337 e. The second-order valence-corrected chi connectivity index (χ2v) is 5.02. The van der Waals surface area contributed by atoms with Crippen LogP contribution >= 0.6 is 0 Å². The van der Waals surface area contributed by atoms with E-state index < -0.39 is 0 Å². The van der Waals surface area contributed by atoms with E-state index in [0.717, 1.165) is 56.7 Å². The molecule has 3 heterocycles. The van der Waals surface area contributed by atoms with Gasteiger partial charge in [-0.2, -0.15) is 4.98 Å². The van der Waals surface area contributed by atoms with Crippen LogP contribution in [0.3, 0.4) is 0 Å². The van der Waals surface area contributed by atoms with Gasteiger partial charge < -0.3 is 4.90 Å². The fourth-order valence-electron chi connectivity index (χ4n) is 2.36. The molecule has 0 amide bonds. The summed E-state index contributed by atoms with van der Waals surface area (Å²) in [5.74, 6) is 2.59. The fraction of sp³-hybridized carbons (Fsp3) is 0.727. The van der Waals surface area contributed by atoms with Crippen molar-refractivity contribution in [2.24, 2.45) is 7.05 Å². The number of rotatable bonds is 4. The zero-order valence-corrected chi connectivity index (χ0v) is 11.8. The first-order valence-corrected chi connectivity index (χ1v) is 6.80. The van der Waals surface area contributed by atoms with Gasteiger partial charge in [-0.1, -0.05) is 0 Å². The molecule has 0 aliphatic carbocycles. The van der Waals surface area contributed by atoms with E-state index in [9.17, 15) is 0 Å². The molecule has 20 heavy (non-hydrogen) atoms. The molecular weight excluding hydrogens is 258 g/mol. The largest absolute Gasteiger partial charge is 0.337 e. The lowest BCUT2D eigenvalue weighted by atomic mass is 10.3. The smallest absolute Gasteiger partial charge is 0.244 e. The van der Waals surface area contributed by atoms with Crippen molar-refractivity contribution in [3.8, 4) is 0 Å². The number of nitrogens with zero attached hydrogens (tertiary/aromatic N) is 8. The molecule has 1 N–H and O–H groups in total. The Hall–Kier alpha value is -2.03. The third kappa shape index (κ3) is 2.77. The van der Waals surface area contributed by atoms with Crippen LogP contribution in [0.15, 0.2) is 0 Å². The topological polar surface area (TPSA) is 91.7 Å². The maximum atomic E-state index is 4.37. The average Bonchev–Trinajstić information content (AvgIpc) is 3.06. The van der Waals surface area contributed by atoms with Gasteiger partial charge in [-0.25, -0.2) is 4.68 Å². The van der Waals surface area contributed by atoms with Crippen molar-refractivity contribution >= 4 is 5.95 Å². The molecule has 1 aliphatic rings. The predicted octanol–water partition coefficient (Wildman–Crippen LogP) is -0.999. The van der Waals surface area contributed by atoms with E-state index in [4.69, 9.17) is 0 Å². The van der Waals surface area contributed by atoms with Crippen LogP contribution in [0.4, 0.5) is 5.95 Å². The van der Waals surface area contributed by atoms with Gasteiger partial charge in [0.05, 0.1) is 0 Å². The van der Waals surface area contributed by atoms with Crippen molar-refractivity contribution < 1.29 is 0 Å². The number of hydrogen-bond donors (Lipinski definition) is 1. The van der Waals surface area contributed by atoms with Crippen LogP contribution in [0, 0.1) is 6.92 Å². The monoisotopic (exact) mass is 277 g/mol. The molecule has 108 valence electrons. The molecule has 0 radical (unpaired) electrons. The molecule has 0 aromatic carbocycles. The van der Waals surface area contributed by atoms with Gasteiger partial charge in [0.1, 0.15) is 5.82 Å². The molecule has 1 saturated heterocycles. The van der Waals surface area contributed by atoms with E-state index in [1.54, 1.807) is 4.68 Å². The van der Waals surface area contributed by atoms with Gasteiger partial charge in [0.25, 0.3) is 0 Å². The second-order valence-electron chi connectivity index (χ2n) is 5.02. The highest BCUT2D eigenvalue weighted by molar-refractivity contribution is 5.29. The lowest BCUT2D eigenvalue weighted by Crippen LogP contribution is -2.47. The summed E-state index contributed by atoms with van der Waals surface area (Å²) >= 11 is 0. The van der Waals surface area contributed by atoms with Crippen molar-refractivity contribution in [3.63, 3.8) is 0 Å². The molecule has 9 heteroatoms. The molecule has 1 aliphatic heterocycles. The lowest BCUT2D eigenvalue weighted by Gasteiger charge is -2.33. The van der Waals surface area contributed by atoms with Crippen LogP contribution in [-0.4, -0.2) is 73.0 Å². The maximum Gasteiger partial charge on any atom is 0.244 e. The van der Waals surface area contributed by atoms with Gasteiger partial charge in [0.15, 0.2) is 5.82 Å². The van der Waals surface area contributed by atoms with Gasteiger partial charge >= 0.3 is 0 Å². The van der Waals surface area contributed by atoms with Gasteiger partial charge in [0, 0.05) is 46.2 Å². The number of nitrogens with one attached hydrogen (secondary N) is 1. The van der Waals surface area contributed by atoms with Gasteiger partial charge in [-0.3, -0.25) is 10.00 Å². The van der Waals surface area contributed by atoms with E-state index in [0.29, 0.717) is 0 Å². The normalized spacial score (nSPS) is 16.8. The van der Waals surface area contributed by atoms with Gasteiger partial charge in [-0.05, 0) is 17.4 Å². The zero-order chi connectivity index (χ0) is 13.9. The Balaban J connectivity index is 1.48. The second kappa shape index (κ2) is 5.53. The molecule has 0 unspecified atom stereocenters. The fourth-order valence-corrected chi connectivity index (χ4v) is 2.36. The summed E-state index contributed by atoms with van der Waals surface area (Å²) in [6.07, 6.45) is 0.878. The van der Waals surface area contributed by atoms with E-state index >= 15 is 0 Å². The van der Waals surface area contributed by atoms with E-state index in [2.05, 4.69) is 40.5 Å². The highest BCUT2D eigenvalue weighted by atomic mass is 15.5. The summed E-state index contributed by atoms with van der Waals surface area (Å²) in [5, 5.41) is 18.6. The molecule has 0 atom stereocenters. The van der Waals surface area contributed by atoms with Gasteiger partial charge in [-0.15, -0.1) is 10.2 Å². The van der Waals surface area contributed by atoms with Crippen LogP contribution in [-0.2, 0) is 13.5 Å². The first kappa shape index (κ1) is 13.0. The number of aryl methyl sites for hydroxylation is 2. The standard InChI is InChI=1S/C11H19N9/c1-9-12-11(15-13-9)20-7-5-19(6-8-20)4-3-10-14-16-17-18(10)2/h3-8H2,1-2H3,(H,12,13,15). The summed E-state index contributed by atoms with van der Waals surface area (Å²) in [6.45, 7) is 6.83. The highest BCUT2D eigenvalue weighted by Gasteiger charge is 2.19. The summed E-state index contributed by atoms with van der Waals surface area (Å²) < 4.78 is 1.73. The SMILES string of the molecule is Cc1nc(N2CCN(CCc3nnnn3C)CC2)n[nH]1. The Morgan fingerprint density at radius 3 is 2.60 bits per heavy atom. The Kier molecular flexibility index (Phi) is 3.59. The zero-order valence-electron chi connectivity index (χ0n) is 11.8. The number of H-pyrrole nitrogens is 1. The Bertz CT molecular complexity index is 552. The Morgan fingerprint density at radius 2 is 2.00 bits per heavy atom. The summed E-state index contributed by atoms with van der Waals surface area (Å²) in [4.78, 5) is 9.00. The lowest BCUT2D eigenvalue weighted by molar-refractivity contribution is 0.257. The summed E-state index contributed by atoms with van der Waals surface area (Å²) in [7, 11) is 1.87. The molecule has 1 fully saturated rings. The van der Waals surface area contributed by atoms with Crippen molar-refractivity contribution in [3.05, 3.63) is 11.6 Å². The van der Waals surface area contributed by atoms with Crippen LogP contribution in [0.5, 0.6) is 0 Å². The van der Waals surface area contributed by atoms with Crippen molar-refractivity contribution in [2.75, 3.05) is 37.6 Å². The third-order valence-corrected chi connectivity index (χ3v) is 3.60. The molecule has 0 bridgehead atoms.